The smallest absolute Gasteiger partial charge is 0.323 e. The normalized spacial score (nSPS) is 14.8. The third-order valence-corrected chi connectivity index (χ3v) is 4.38. The highest BCUT2D eigenvalue weighted by Gasteiger charge is 2.14. The standard InChI is InChI=1S/C20H25N3O2/c1-2-25-19-5-3-4-18(14-19)23-20(24)22-17-8-6-15(7-9-17)16-10-12-21-13-11-16/h3-9,14,16,21H,2,10-13H2,1H3,(H2,22,23,24). The average Bonchev–Trinajstić information content (AvgIpc) is 2.63. The largest absolute Gasteiger partial charge is 0.494 e. The molecule has 0 saturated carbocycles. The number of anilines is 2. The molecule has 25 heavy (non-hydrogen) atoms. The number of urea groups is 1. The quantitative estimate of drug-likeness (QED) is 0.765. The summed E-state index contributed by atoms with van der Waals surface area (Å²) in [6, 6.07) is 15.3. The molecule has 132 valence electrons. The lowest BCUT2D eigenvalue weighted by molar-refractivity contribution is 0.262. The lowest BCUT2D eigenvalue weighted by atomic mass is 9.90. The van der Waals surface area contributed by atoms with Gasteiger partial charge in [-0.1, -0.05) is 18.2 Å². The molecule has 1 aliphatic heterocycles. The Hall–Kier alpha value is -2.53. The van der Waals surface area contributed by atoms with Crippen LogP contribution < -0.4 is 20.7 Å². The van der Waals surface area contributed by atoms with E-state index >= 15 is 0 Å². The highest BCUT2D eigenvalue weighted by molar-refractivity contribution is 5.99. The molecule has 3 rings (SSSR count). The second-order valence-corrected chi connectivity index (χ2v) is 6.19. The Bertz CT molecular complexity index is 694. The van der Waals surface area contributed by atoms with E-state index in [2.05, 4.69) is 28.1 Å². The van der Waals surface area contributed by atoms with Crippen LogP contribution in [0.3, 0.4) is 0 Å². The maximum atomic E-state index is 12.2. The van der Waals surface area contributed by atoms with Gasteiger partial charge in [-0.15, -0.1) is 0 Å². The van der Waals surface area contributed by atoms with Crippen LogP contribution in [-0.2, 0) is 0 Å². The molecule has 5 nitrogen and oxygen atoms in total. The lowest BCUT2D eigenvalue weighted by Gasteiger charge is -2.23. The summed E-state index contributed by atoms with van der Waals surface area (Å²) in [6.07, 6.45) is 2.34. The van der Waals surface area contributed by atoms with Crippen molar-refractivity contribution in [2.24, 2.45) is 0 Å². The summed E-state index contributed by atoms with van der Waals surface area (Å²) in [7, 11) is 0. The van der Waals surface area contributed by atoms with Crippen molar-refractivity contribution in [1.82, 2.24) is 5.32 Å². The van der Waals surface area contributed by atoms with E-state index in [9.17, 15) is 4.79 Å². The topological polar surface area (TPSA) is 62.4 Å². The van der Waals surface area contributed by atoms with Gasteiger partial charge in [0.25, 0.3) is 0 Å². The third-order valence-electron chi connectivity index (χ3n) is 4.38. The Morgan fingerprint density at radius 1 is 1.08 bits per heavy atom. The predicted molar refractivity (Wildman–Crippen MR) is 102 cm³/mol. The maximum absolute atomic E-state index is 12.2. The monoisotopic (exact) mass is 339 g/mol. The minimum absolute atomic E-state index is 0.261. The van der Waals surface area contributed by atoms with Crippen molar-refractivity contribution in [3.8, 4) is 5.75 Å². The van der Waals surface area contributed by atoms with Gasteiger partial charge in [-0.3, -0.25) is 0 Å². The van der Waals surface area contributed by atoms with E-state index in [1.807, 2.05) is 43.3 Å². The van der Waals surface area contributed by atoms with Crippen molar-refractivity contribution >= 4 is 17.4 Å². The fourth-order valence-corrected chi connectivity index (χ4v) is 3.12. The van der Waals surface area contributed by atoms with Crippen LogP contribution >= 0.6 is 0 Å². The summed E-state index contributed by atoms with van der Waals surface area (Å²) >= 11 is 0. The number of piperidine rings is 1. The zero-order valence-corrected chi connectivity index (χ0v) is 14.5. The van der Waals surface area contributed by atoms with Crippen molar-refractivity contribution in [1.29, 1.82) is 0 Å². The van der Waals surface area contributed by atoms with Crippen LogP contribution in [0.2, 0.25) is 0 Å². The number of carbonyl (C=O) groups is 1. The van der Waals surface area contributed by atoms with E-state index in [1.165, 1.54) is 18.4 Å². The molecule has 0 unspecified atom stereocenters. The number of rotatable bonds is 5. The van der Waals surface area contributed by atoms with Gasteiger partial charge in [-0.2, -0.15) is 0 Å². The molecule has 0 spiro atoms. The summed E-state index contributed by atoms with van der Waals surface area (Å²) in [5.41, 5.74) is 2.84. The van der Waals surface area contributed by atoms with E-state index < -0.39 is 0 Å². The molecular formula is C20H25N3O2. The van der Waals surface area contributed by atoms with E-state index in [-0.39, 0.29) is 6.03 Å². The van der Waals surface area contributed by atoms with E-state index in [0.29, 0.717) is 18.2 Å². The van der Waals surface area contributed by atoms with Crippen LogP contribution in [0.25, 0.3) is 0 Å². The van der Waals surface area contributed by atoms with E-state index in [0.717, 1.165) is 24.5 Å². The van der Waals surface area contributed by atoms with Crippen LogP contribution in [0.4, 0.5) is 16.2 Å². The molecular weight excluding hydrogens is 314 g/mol. The molecule has 2 amide bonds. The van der Waals surface area contributed by atoms with Crippen molar-refractivity contribution in [3.05, 3.63) is 54.1 Å². The van der Waals surface area contributed by atoms with Crippen molar-refractivity contribution < 1.29 is 9.53 Å². The van der Waals surface area contributed by atoms with Gasteiger partial charge in [0.1, 0.15) is 5.75 Å². The number of hydrogen-bond acceptors (Lipinski definition) is 3. The summed E-state index contributed by atoms with van der Waals surface area (Å²) < 4.78 is 5.44. The lowest BCUT2D eigenvalue weighted by Crippen LogP contribution is -2.26. The minimum atomic E-state index is -0.261. The zero-order valence-electron chi connectivity index (χ0n) is 14.5. The molecule has 0 radical (unpaired) electrons. The number of ether oxygens (including phenoxy) is 1. The number of benzene rings is 2. The predicted octanol–water partition coefficient (Wildman–Crippen LogP) is 4.20. The SMILES string of the molecule is CCOc1cccc(NC(=O)Nc2ccc(C3CCNCC3)cc2)c1. The first-order valence-corrected chi connectivity index (χ1v) is 8.86. The van der Waals surface area contributed by atoms with Gasteiger partial charge in [-0.25, -0.2) is 4.79 Å². The van der Waals surface area contributed by atoms with Gasteiger partial charge in [0.2, 0.25) is 0 Å². The van der Waals surface area contributed by atoms with Gasteiger partial charge in [0.05, 0.1) is 6.61 Å². The second-order valence-electron chi connectivity index (χ2n) is 6.19. The molecule has 1 saturated heterocycles. The van der Waals surface area contributed by atoms with Gasteiger partial charge in [-0.05, 0) is 68.6 Å². The molecule has 2 aromatic carbocycles. The molecule has 0 aliphatic carbocycles. The van der Waals surface area contributed by atoms with Crippen LogP contribution in [0.5, 0.6) is 5.75 Å². The molecule has 5 heteroatoms. The summed E-state index contributed by atoms with van der Waals surface area (Å²) in [6.45, 7) is 4.68. The Kier molecular flexibility index (Phi) is 5.90. The van der Waals surface area contributed by atoms with E-state index in [4.69, 9.17) is 4.74 Å². The van der Waals surface area contributed by atoms with Crippen LogP contribution in [0.1, 0.15) is 31.2 Å². The van der Waals surface area contributed by atoms with Crippen LogP contribution in [-0.4, -0.2) is 25.7 Å². The maximum Gasteiger partial charge on any atom is 0.323 e. The van der Waals surface area contributed by atoms with Gasteiger partial charge >= 0.3 is 6.03 Å². The molecule has 3 N–H and O–H groups in total. The first-order valence-electron chi connectivity index (χ1n) is 8.86. The zero-order chi connectivity index (χ0) is 17.5. The van der Waals surface area contributed by atoms with Crippen molar-refractivity contribution in [2.45, 2.75) is 25.7 Å². The number of amides is 2. The van der Waals surface area contributed by atoms with Crippen LogP contribution in [0.15, 0.2) is 48.5 Å². The molecule has 0 atom stereocenters. The Morgan fingerprint density at radius 3 is 2.52 bits per heavy atom. The summed E-state index contributed by atoms with van der Waals surface area (Å²) in [5, 5.41) is 9.08. The molecule has 0 bridgehead atoms. The Balaban J connectivity index is 1.56. The van der Waals surface area contributed by atoms with E-state index in [1.54, 1.807) is 0 Å². The van der Waals surface area contributed by atoms with Crippen molar-refractivity contribution in [3.63, 3.8) is 0 Å². The van der Waals surface area contributed by atoms with Gasteiger partial charge in [0.15, 0.2) is 0 Å². The molecule has 0 aromatic heterocycles. The first-order chi connectivity index (χ1) is 12.2. The molecule has 1 fully saturated rings. The van der Waals surface area contributed by atoms with Gasteiger partial charge < -0.3 is 20.7 Å². The number of hydrogen-bond donors (Lipinski definition) is 3. The van der Waals surface area contributed by atoms with Gasteiger partial charge in [0, 0.05) is 17.4 Å². The minimum Gasteiger partial charge on any atom is -0.494 e. The number of nitrogens with one attached hydrogen (secondary N) is 3. The first kappa shape index (κ1) is 17.3. The average molecular weight is 339 g/mol. The fraction of sp³-hybridized carbons (Fsp3) is 0.350. The third kappa shape index (κ3) is 4.97. The Labute approximate surface area is 148 Å². The second kappa shape index (κ2) is 8.53. The fourth-order valence-electron chi connectivity index (χ4n) is 3.12. The molecule has 1 aliphatic rings. The highest BCUT2D eigenvalue weighted by Crippen LogP contribution is 2.26. The van der Waals surface area contributed by atoms with Crippen molar-refractivity contribution in [2.75, 3.05) is 30.3 Å². The van der Waals surface area contributed by atoms with Crippen LogP contribution in [0, 0.1) is 0 Å². The summed E-state index contributed by atoms with van der Waals surface area (Å²) in [5.74, 6) is 1.36. The Morgan fingerprint density at radius 2 is 1.80 bits per heavy atom. The molecule has 1 heterocycles. The molecule has 2 aromatic rings. The number of carbonyl (C=O) groups excluding carboxylic acids is 1. The highest BCUT2D eigenvalue weighted by atomic mass is 16.5. The summed E-state index contributed by atoms with van der Waals surface area (Å²) in [4.78, 5) is 12.2.